The fraction of sp³-hybridized carbons (Fsp3) is 0.128. The first kappa shape index (κ1) is 32.2. The molecule has 1 aliphatic heterocycles. The van der Waals surface area contributed by atoms with E-state index in [-0.39, 0.29) is 51.5 Å². The third-order valence-electron chi connectivity index (χ3n) is 8.66. The lowest BCUT2D eigenvalue weighted by Gasteiger charge is -2.19. The van der Waals surface area contributed by atoms with E-state index in [0.29, 0.717) is 18.7 Å². The summed E-state index contributed by atoms with van der Waals surface area (Å²) >= 11 is 0. The van der Waals surface area contributed by atoms with Crippen molar-refractivity contribution in [3.63, 3.8) is 0 Å². The summed E-state index contributed by atoms with van der Waals surface area (Å²) < 4.78 is 0. The zero-order valence-electron chi connectivity index (χ0n) is 26.3. The third-order valence-corrected chi connectivity index (χ3v) is 8.66. The summed E-state index contributed by atoms with van der Waals surface area (Å²) in [5.74, 6) is 0.0696. The second-order valence-corrected chi connectivity index (χ2v) is 11.7. The van der Waals surface area contributed by atoms with Crippen LogP contribution in [0, 0.1) is 5.92 Å². The number of allylic oxidation sites excluding steroid dienone is 4. The van der Waals surface area contributed by atoms with Gasteiger partial charge >= 0.3 is 0 Å². The summed E-state index contributed by atoms with van der Waals surface area (Å²) in [4.78, 5) is 9.86. The largest absolute Gasteiger partial charge is 0.509 e. The average Bonchev–Trinajstić information content (AvgIpc) is 3.10. The molecule has 0 saturated heterocycles. The Balaban J connectivity index is 1.55. The molecule has 3 N–H and O–H groups in total. The molecule has 0 aliphatic carbocycles. The molecule has 4 nitrogen and oxygen atoms in total. The van der Waals surface area contributed by atoms with Gasteiger partial charge in [-0.3, -0.25) is 4.99 Å². The van der Waals surface area contributed by atoms with E-state index in [1.54, 1.807) is 0 Å². The lowest BCUT2D eigenvalue weighted by atomic mass is 9.66. The predicted octanol–water partition coefficient (Wildman–Crippen LogP) is 3.81. The van der Waals surface area contributed by atoms with Gasteiger partial charge in [0.05, 0.1) is 18.0 Å². The Bertz CT molecular complexity index is 2130. The van der Waals surface area contributed by atoms with E-state index in [1.165, 1.54) is 16.2 Å². The number of amidine groups is 1. The van der Waals surface area contributed by atoms with Gasteiger partial charge in [0.15, 0.2) is 5.84 Å². The molecular formula is C39H31B4N3O. The molecule has 8 heteroatoms. The highest BCUT2D eigenvalue weighted by molar-refractivity contribution is 6.61. The molecule has 220 valence electrons. The summed E-state index contributed by atoms with van der Waals surface area (Å²) in [6.45, 7) is 2.91. The maximum Gasteiger partial charge on any atom is 0.154 e. The van der Waals surface area contributed by atoms with Gasteiger partial charge in [-0.15, -0.1) is 0 Å². The van der Waals surface area contributed by atoms with E-state index in [1.807, 2.05) is 30.4 Å². The van der Waals surface area contributed by atoms with Crippen molar-refractivity contribution in [2.45, 2.75) is 13.3 Å². The summed E-state index contributed by atoms with van der Waals surface area (Å²) in [5, 5.41) is 15.2. The molecule has 47 heavy (non-hydrogen) atoms. The molecule has 0 saturated carbocycles. The Morgan fingerprint density at radius 2 is 1.45 bits per heavy atom. The Labute approximate surface area is 281 Å². The minimum atomic E-state index is -0.359. The van der Waals surface area contributed by atoms with Gasteiger partial charge in [0.1, 0.15) is 31.4 Å². The summed E-state index contributed by atoms with van der Waals surface area (Å²) in [5.41, 5.74) is 11.1. The molecule has 6 rings (SSSR count). The summed E-state index contributed by atoms with van der Waals surface area (Å²) in [6.07, 6.45) is 10.8. The van der Waals surface area contributed by atoms with Gasteiger partial charge in [0.2, 0.25) is 0 Å². The number of fused-ring (bicyclic) bond motifs is 3. The fourth-order valence-electron chi connectivity index (χ4n) is 5.96. The highest BCUT2D eigenvalue weighted by Crippen LogP contribution is 2.35. The molecule has 0 spiro atoms. The van der Waals surface area contributed by atoms with Crippen molar-refractivity contribution in [2.24, 2.45) is 21.6 Å². The molecular weight excluding hydrogens is 570 g/mol. The molecule has 5 aromatic carbocycles. The lowest BCUT2D eigenvalue weighted by molar-refractivity contribution is 0.484. The van der Waals surface area contributed by atoms with E-state index in [4.69, 9.17) is 47.1 Å². The topological polar surface area (TPSA) is 71.0 Å². The van der Waals surface area contributed by atoms with Gasteiger partial charge in [-0.1, -0.05) is 120 Å². The van der Waals surface area contributed by atoms with E-state index in [2.05, 4.69) is 85.8 Å². The van der Waals surface area contributed by atoms with Crippen molar-refractivity contribution in [1.29, 1.82) is 0 Å². The molecule has 0 amide bonds. The van der Waals surface area contributed by atoms with Crippen molar-refractivity contribution in [3.05, 3.63) is 126 Å². The van der Waals surface area contributed by atoms with Crippen molar-refractivity contribution in [3.8, 4) is 16.9 Å². The molecule has 0 fully saturated rings. The maximum atomic E-state index is 10.4. The van der Waals surface area contributed by atoms with E-state index >= 15 is 0 Å². The molecule has 8 radical (unpaired) electrons. The molecule has 1 heterocycles. The predicted molar refractivity (Wildman–Crippen MR) is 204 cm³/mol. The van der Waals surface area contributed by atoms with Crippen LogP contribution in [0.4, 0.5) is 0 Å². The zero-order valence-corrected chi connectivity index (χ0v) is 26.3. The van der Waals surface area contributed by atoms with Crippen LogP contribution in [0.1, 0.15) is 24.5 Å². The average molecular weight is 601 g/mol. The van der Waals surface area contributed by atoms with Crippen molar-refractivity contribution < 1.29 is 5.11 Å². The van der Waals surface area contributed by atoms with Crippen LogP contribution >= 0.6 is 0 Å². The third kappa shape index (κ3) is 6.43. The number of aromatic hydroxyl groups is 1. The molecule has 0 unspecified atom stereocenters. The second kappa shape index (κ2) is 13.9. The first-order chi connectivity index (χ1) is 22.8. The Morgan fingerprint density at radius 1 is 0.766 bits per heavy atom. The highest BCUT2D eigenvalue weighted by atomic mass is 16.3. The van der Waals surface area contributed by atoms with Gasteiger partial charge < -0.3 is 10.8 Å². The van der Waals surface area contributed by atoms with Crippen LogP contribution in [-0.4, -0.2) is 61.1 Å². The normalized spacial score (nSPS) is 17.1. The smallest absolute Gasteiger partial charge is 0.154 e. The van der Waals surface area contributed by atoms with Crippen molar-refractivity contribution in [1.82, 2.24) is 0 Å². The number of aliphatic imine (C=N–C) groups is 2. The van der Waals surface area contributed by atoms with Crippen LogP contribution in [0.3, 0.4) is 0 Å². The first-order valence-electron chi connectivity index (χ1n) is 15.6. The van der Waals surface area contributed by atoms with Crippen LogP contribution in [0.25, 0.3) is 32.7 Å². The Morgan fingerprint density at radius 3 is 2.19 bits per heavy atom. The van der Waals surface area contributed by atoms with Crippen LogP contribution < -0.4 is 27.6 Å². The zero-order chi connectivity index (χ0) is 33.1. The van der Waals surface area contributed by atoms with Gasteiger partial charge in [-0.05, 0) is 75.3 Å². The molecule has 0 aromatic heterocycles. The van der Waals surface area contributed by atoms with Crippen LogP contribution in [0.15, 0.2) is 125 Å². The van der Waals surface area contributed by atoms with Gasteiger partial charge in [-0.25, -0.2) is 4.99 Å². The van der Waals surface area contributed by atoms with E-state index < -0.39 is 0 Å². The number of phenols is 1. The summed E-state index contributed by atoms with van der Waals surface area (Å²) in [6, 6.07) is 27.4. The fourth-order valence-corrected chi connectivity index (χ4v) is 5.96. The lowest BCUT2D eigenvalue weighted by Crippen LogP contribution is -2.45. The van der Waals surface area contributed by atoms with Gasteiger partial charge in [0.25, 0.3) is 0 Å². The Kier molecular flexibility index (Phi) is 9.51. The number of hydrogen-bond acceptors (Lipinski definition) is 4. The summed E-state index contributed by atoms with van der Waals surface area (Å²) in [7, 11) is 25.2. The van der Waals surface area contributed by atoms with E-state index in [9.17, 15) is 5.11 Å². The second-order valence-electron chi connectivity index (χ2n) is 11.7. The van der Waals surface area contributed by atoms with Crippen LogP contribution in [0.2, 0.25) is 0 Å². The van der Waals surface area contributed by atoms with Crippen molar-refractivity contribution >= 4 is 86.3 Å². The van der Waals surface area contributed by atoms with Crippen LogP contribution in [0.5, 0.6) is 5.75 Å². The molecule has 1 atom stereocenters. The van der Waals surface area contributed by atoms with Crippen LogP contribution in [-0.2, 0) is 0 Å². The minimum Gasteiger partial charge on any atom is -0.509 e. The van der Waals surface area contributed by atoms with E-state index in [0.717, 1.165) is 27.6 Å². The molecule has 1 aliphatic rings. The van der Waals surface area contributed by atoms with Gasteiger partial charge in [0, 0.05) is 11.1 Å². The number of benzene rings is 5. The molecule has 0 bridgehead atoms. The number of hydrogen-bond donors (Lipinski definition) is 2. The van der Waals surface area contributed by atoms with Crippen molar-refractivity contribution in [2.75, 3.05) is 13.1 Å². The minimum absolute atomic E-state index is 0.0600. The first-order valence-corrected chi connectivity index (χ1v) is 15.6. The highest BCUT2D eigenvalue weighted by Gasteiger charge is 2.18. The maximum absolute atomic E-state index is 10.4. The number of rotatable bonds is 5. The Hall–Kier alpha value is -4.80. The number of phenolic OH excluding ortho intramolecular Hbond substituents is 1. The monoisotopic (exact) mass is 601 g/mol. The standard InChI is InChI=1S/C39H31B4N3O/c1-23(22-44)24-10-3-7-18-32(46-39(45-19-9-14-24)33-34(40)36(42)38(47)37(43)35(33)41)27-13-8-12-25(20-27)31-21-26-11-2-4-15-28(26)29-16-5-6-17-30(29)31/h2,4-18,20-21,23,47H,3,19,22,44H2,1H3/b14-9-,18-7+,24-10+,45-39?,46-32?/t23-/m1/s1. The number of nitrogens with two attached hydrogens (primary N) is 1. The molecule has 5 aromatic rings. The SMILES string of the molecule is [B]c1c([B])c(C2=NC/C=C\C([C@H](C)CN)=C/C/C=C/C(c3cccc(-c4cc5ccccc5c5ccccc45)c3)=N2)c([B])c([B])c1O. The quantitative estimate of drug-likeness (QED) is 0.238. The van der Waals surface area contributed by atoms with Gasteiger partial charge in [-0.2, -0.15) is 0 Å². The number of nitrogens with zero attached hydrogens (tertiary/aromatic N) is 2.